The largest absolute Gasteiger partial charge is 0.493 e. The zero-order valence-electron chi connectivity index (χ0n) is 10.3. The maximum atomic E-state index is 12.2. The van der Waals surface area contributed by atoms with Gasteiger partial charge in [0, 0.05) is 6.42 Å². The van der Waals surface area contributed by atoms with E-state index in [9.17, 15) is 4.79 Å². The van der Waals surface area contributed by atoms with Gasteiger partial charge in [0.15, 0.2) is 17.3 Å². The van der Waals surface area contributed by atoms with E-state index in [1.54, 1.807) is 43.8 Å². The predicted octanol–water partition coefficient (Wildman–Crippen LogP) is 3.19. The van der Waals surface area contributed by atoms with Gasteiger partial charge < -0.3 is 9.47 Å². The zero-order valence-corrected chi connectivity index (χ0v) is 11.1. The molecule has 0 aliphatic rings. The first-order valence-electron chi connectivity index (χ1n) is 5.51. The Hall–Kier alpha value is -1.81. The van der Waals surface area contributed by atoms with Gasteiger partial charge in [0.1, 0.15) is 0 Å². The molecule has 0 saturated heterocycles. The van der Waals surface area contributed by atoms with E-state index >= 15 is 0 Å². The lowest BCUT2D eigenvalue weighted by Gasteiger charge is -2.11. The predicted molar refractivity (Wildman–Crippen MR) is 71.9 cm³/mol. The van der Waals surface area contributed by atoms with Crippen molar-refractivity contribution < 1.29 is 14.3 Å². The molecule has 0 atom stereocenters. The number of hydrogen-bond acceptors (Lipinski definition) is 4. The summed E-state index contributed by atoms with van der Waals surface area (Å²) in [7, 11) is 3.10. The topological polar surface area (TPSA) is 35.5 Å². The smallest absolute Gasteiger partial charge is 0.171 e. The standard InChI is InChI=1S/C14H14O3S/c1-16-13-5-3-4-11(14(13)17-2)12(15)8-10-6-7-18-9-10/h3-7,9H,8H2,1-2H3. The lowest BCUT2D eigenvalue weighted by molar-refractivity contribution is 0.0989. The van der Waals surface area contributed by atoms with Crippen LogP contribution in [0.5, 0.6) is 11.5 Å². The molecule has 1 aromatic heterocycles. The van der Waals surface area contributed by atoms with Gasteiger partial charge in [0.05, 0.1) is 19.8 Å². The summed E-state index contributed by atoms with van der Waals surface area (Å²) in [6.07, 6.45) is 0.382. The van der Waals surface area contributed by atoms with Gasteiger partial charge in [-0.2, -0.15) is 11.3 Å². The number of ether oxygens (including phenoxy) is 2. The highest BCUT2D eigenvalue weighted by atomic mass is 32.1. The van der Waals surface area contributed by atoms with Crippen LogP contribution in [-0.2, 0) is 6.42 Å². The van der Waals surface area contributed by atoms with Crippen LogP contribution in [-0.4, -0.2) is 20.0 Å². The van der Waals surface area contributed by atoms with Gasteiger partial charge in [-0.1, -0.05) is 6.07 Å². The highest BCUT2D eigenvalue weighted by Crippen LogP contribution is 2.31. The van der Waals surface area contributed by atoms with Crippen molar-refractivity contribution in [2.45, 2.75) is 6.42 Å². The van der Waals surface area contributed by atoms with Crippen molar-refractivity contribution >= 4 is 17.1 Å². The molecular formula is C14H14O3S. The first-order chi connectivity index (χ1) is 8.76. The van der Waals surface area contributed by atoms with Crippen LogP contribution in [0.25, 0.3) is 0 Å². The summed E-state index contributed by atoms with van der Waals surface area (Å²) < 4.78 is 10.5. The summed E-state index contributed by atoms with van der Waals surface area (Å²) in [5.41, 5.74) is 1.58. The maximum Gasteiger partial charge on any atom is 0.171 e. The third-order valence-electron chi connectivity index (χ3n) is 2.65. The second-order valence-electron chi connectivity index (χ2n) is 3.77. The lowest BCUT2D eigenvalue weighted by atomic mass is 10.0. The average molecular weight is 262 g/mol. The second kappa shape index (κ2) is 5.69. The SMILES string of the molecule is COc1cccc(C(=O)Cc2ccsc2)c1OC. The molecular weight excluding hydrogens is 248 g/mol. The van der Waals surface area contributed by atoms with Crippen molar-refractivity contribution in [2.24, 2.45) is 0 Å². The first kappa shape index (κ1) is 12.6. The molecule has 2 aromatic rings. The van der Waals surface area contributed by atoms with Gasteiger partial charge in [0.25, 0.3) is 0 Å². The number of rotatable bonds is 5. The van der Waals surface area contributed by atoms with Crippen molar-refractivity contribution in [1.82, 2.24) is 0 Å². The summed E-state index contributed by atoms with van der Waals surface area (Å²) in [6.45, 7) is 0. The molecule has 0 radical (unpaired) electrons. The van der Waals surface area contributed by atoms with Gasteiger partial charge >= 0.3 is 0 Å². The molecule has 0 aliphatic heterocycles. The van der Waals surface area contributed by atoms with Crippen molar-refractivity contribution in [3.63, 3.8) is 0 Å². The Kier molecular flexibility index (Phi) is 3.99. The lowest BCUT2D eigenvalue weighted by Crippen LogP contribution is -2.06. The molecule has 0 bridgehead atoms. The first-order valence-corrected chi connectivity index (χ1v) is 6.45. The van der Waals surface area contributed by atoms with E-state index in [2.05, 4.69) is 0 Å². The third-order valence-corrected chi connectivity index (χ3v) is 3.38. The summed E-state index contributed by atoms with van der Waals surface area (Å²) in [4.78, 5) is 12.2. The van der Waals surface area contributed by atoms with Crippen LogP contribution in [0.15, 0.2) is 35.0 Å². The van der Waals surface area contributed by atoms with Crippen molar-refractivity contribution in [1.29, 1.82) is 0 Å². The number of carbonyl (C=O) groups excluding carboxylic acids is 1. The van der Waals surface area contributed by atoms with Gasteiger partial charge in [-0.05, 0) is 34.5 Å². The summed E-state index contributed by atoms with van der Waals surface area (Å²) in [5.74, 6) is 1.11. The van der Waals surface area contributed by atoms with Gasteiger partial charge in [-0.25, -0.2) is 0 Å². The van der Waals surface area contributed by atoms with Crippen LogP contribution in [0.4, 0.5) is 0 Å². The minimum atomic E-state index is 0.0316. The van der Waals surface area contributed by atoms with Crippen molar-refractivity contribution in [2.75, 3.05) is 14.2 Å². The molecule has 0 N–H and O–H groups in total. The summed E-state index contributed by atoms with van der Waals surface area (Å²) in [5, 5.41) is 3.94. The normalized spacial score (nSPS) is 10.1. The molecule has 0 spiro atoms. The van der Waals surface area contributed by atoms with E-state index in [1.165, 1.54) is 0 Å². The van der Waals surface area contributed by atoms with Gasteiger partial charge in [-0.15, -0.1) is 0 Å². The highest BCUT2D eigenvalue weighted by Gasteiger charge is 2.16. The number of para-hydroxylation sites is 1. The Morgan fingerprint density at radius 3 is 2.67 bits per heavy atom. The van der Waals surface area contributed by atoms with E-state index in [0.29, 0.717) is 23.5 Å². The number of methoxy groups -OCH3 is 2. The van der Waals surface area contributed by atoms with Crippen LogP contribution in [0, 0.1) is 0 Å². The third kappa shape index (κ3) is 2.54. The Labute approximate surface area is 110 Å². The zero-order chi connectivity index (χ0) is 13.0. The van der Waals surface area contributed by atoms with Crippen molar-refractivity contribution in [3.8, 4) is 11.5 Å². The molecule has 0 aliphatic carbocycles. The number of benzene rings is 1. The molecule has 1 aromatic carbocycles. The molecule has 0 amide bonds. The molecule has 1 heterocycles. The number of ketones is 1. The van der Waals surface area contributed by atoms with Gasteiger partial charge in [-0.3, -0.25) is 4.79 Å². The highest BCUT2D eigenvalue weighted by molar-refractivity contribution is 7.08. The van der Waals surface area contributed by atoms with Crippen LogP contribution in [0.3, 0.4) is 0 Å². The fourth-order valence-corrected chi connectivity index (χ4v) is 2.45. The number of hydrogen-bond donors (Lipinski definition) is 0. The van der Waals surface area contributed by atoms with Gasteiger partial charge in [0.2, 0.25) is 0 Å². The van der Waals surface area contributed by atoms with Crippen LogP contribution >= 0.6 is 11.3 Å². The van der Waals surface area contributed by atoms with E-state index in [0.717, 1.165) is 5.56 Å². The molecule has 0 fully saturated rings. The minimum Gasteiger partial charge on any atom is -0.493 e. The molecule has 2 rings (SSSR count). The molecule has 94 valence electrons. The van der Waals surface area contributed by atoms with E-state index in [1.807, 2.05) is 16.8 Å². The fraction of sp³-hybridized carbons (Fsp3) is 0.214. The van der Waals surface area contributed by atoms with E-state index < -0.39 is 0 Å². The second-order valence-corrected chi connectivity index (χ2v) is 4.55. The molecule has 3 nitrogen and oxygen atoms in total. The fourth-order valence-electron chi connectivity index (χ4n) is 1.78. The molecule has 4 heteroatoms. The van der Waals surface area contributed by atoms with E-state index in [-0.39, 0.29) is 5.78 Å². The Morgan fingerprint density at radius 1 is 1.22 bits per heavy atom. The van der Waals surface area contributed by atoms with E-state index in [4.69, 9.17) is 9.47 Å². The number of Topliss-reactive ketones (excluding diaryl/α,β-unsaturated/α-hetero) is 1. The molecule has 0 unspecified atom stereocenters. The number of thiophene rings is 1. The monoisotopic (exact) mass is 262 g/mol. The molecule has 0 saturated carbocycles. The summed E-state index contributed by atoms with van der Waals surface area (Å²) >= 11 is 1.59. The quantitative estimate of drug-likeness (QED) is 0.776. The minimum absolute atomic E-state index is 0.0316. The van der Waals surface area contributed by atoms with Crippen LogP contribution < -0.4 is 9.47 Å². The Balaban J connectivity index is 2.29. The molecule has 18 heavy (non-hydrogen) atoms. The van der Waals surface area contributed by atoms with Crippen LogP contribution in [0.2, 0.25) is 0 Å². The summed E-state index contributed by atoms with van der Waals surface area (Å²) in [6, 6.07) is 7.29. The average Bonchev–Trinajstić information content (AvgIpc) is 2.90. The Morgan fingerprint density at radius 2 is 2.06 bits per heavy atom. The van der Waals surface area contributed by atoms with Crippen LogP contribution in [0.1, 0.15) is 15.9 Å². The number of carbonyl (C=O) groups is 1. The Bertz CT molecular complexity index is 532. The van der Waals surface area contributed by atoms with Crippen molar-refractivity contribution in [3.05, 3.63) is 46.2 Å². The maximum absolute atomic E-state index is 12.2.